The third kappa shape index (κ3) is 4.68. The third-order valence-electron chi connectivity index (χ3n) is 5.04. The van der Waals surface area contributed by atoms with Gasteiger partial charge in [0.1, 0.15) is 11.6 Å². The van der Waals surface area contributed by atoms with Gasteiger partial charge in [0.05, 0.1) is 10.4 Å². The van der Waals surface area contributed by atoms with E-state index in [9.17, 15) is 8.42 Å². The van der Waals surface area contributed by atoms with Gasteiger partial charge in [0.2, 0.25) is 0 Å². The number of sulfonamides is 1. The molecule has 2 aromatic heterocycles. The Morgan fingerprint density at radius 1 is 0.765 bits per heavy atom. The first-order chi connectivity index (χ1) is 16.5. The van der Waals surface area contributed by atoms with Crippen LogP contribution in [0.15, 0.2) is 102 Å². The van der Waals surface area contributed by atoms with Gasteiger partial charge in [0, 0.05) is 27.9 Å². The highest BCUT2D eigenvalue weighted by Gasteiger charge is 2.15. The highest BCUT2D eigenvalue weighted by molar-refractivity contribution is 7.92. The summed E-state index contributed by atoms with van der Waals surface area (Å²) in [6, 6.07) is 26.4. The number of anilines is 3. The van der Waals surface area contributed by atoms with Gasteiger partial charge >= 0.3 is 0 Å². The number of nitrogens with zero attached hydrogens (tertiary/aromatic N) is 3. The lowest BCUT2D eigenvalue weighted by Gasteiger charge is -2.12. The molecule has 2 heterocycles. The minimum absolute atomic E-state index is 0.123. The first-order valence-corrected chi connectivity index (χ1v) is 12.2. The van der Waals surface area contributed by atoms with E-state index >= 15 is 0 Å². The molecule has 0 aliphatic heterocycles. The van der Waals surface area contributed by atoms with E-state index in [-0.39, 0.29) is 10.7 Å². The van der Waals surface area contributed by atoms with Gasteiger partial charge in [-0.3, -0.25) is 4.72 Å². The molecule has 0 atom stereocenters. The first-order valence-electron chi connectivity index (χ1n) is 10.3. The molecule has 168 valence electrons. The molecule has 5 rings (SSSR count). The molecule has 0 radical (unpaired) electrons. The fourth-order valence-electron chi connectivity index (χ4n) is 3.37. The van der Waals surface area contributed by atoms with Crippen LogP contribution in [0.3, 0.4) is 0 Å². The Kier molecular flexibility index (Phi) is 5.83. The van der Waals surface area contributed by atoms with Crippen molar-refractivity contribution >= 4 is 49.9 Å². The number of benzene rings is 3. The Bertz CT molecular complexity index is 1560. The summed E-state index contributed by atoms with van der Waals surface area (Å²) in [6.45, 7) is 0. The quantitative estimate of drug-likeness (QED) is 0.310. The molecule has 0 aliphatic carbocycles. The summed E-state index contributed by atoms with van der Waals surface area (Å²) in [5.74, 6) is 1.42. The Morgan fingerprint density at radius 2 is 1.50 bits per heavy atom. The van der Waals surface area contributed by atoms with Crippen LogP contribution in [0.25, 0.3) is 22.3 Å². The minimum Gasteiger partial charge on any atom is -0.340 e. The molecule has 0 saturated heterocycles. The zero-order chi connectivity index (χ0) is 23.5. The average molecular weight is 488 g/mol. The van der Waals surface area contributed by atoms with E-state index in [1.54, 1.807) is 42.5 Å². The molecule has 2 N–H and O–H groups in total. The summed E-state index contributed by atoms with van der Waals surface area (Å²) in [6.07, 6.45) is 1.52. The van der Waals surface area contributed by atoms with E-state index in [0.717, 1.165) is 16.5 Å². The zero-order valence-corrected chi connectivity index (χ0v) is 19.3. The molecular weight excluding hydrogens is 470 g/mol. The number of hydrogen-bond acceptors (Lipinski definition) is 6. The molecular formula is C25H18ClN5O2S. The van der Waals surface area contributed by atoms with Gasteiger partial charge in [-0.15, -0.1) is 0 Å². The van der Waals surface area contributed by atoms with Crippen molar-refractivity contribution in [3.05, 3.63) is 102 Å². The predicted molar refractivity (Wildman–Crippen MR) is 135 cm³/mol. The van der Waals surface area contributed by atoms with Gasteiger partial charge < -0.3 is 5.32 Å². The summed E-state index contributed by atoms with van der Waals surface area (Å²) in [7, 11) is -3.76. The summed E-state index contributed by atoms with van der Waals surface area (Å²) in [5.41, 5.74) is 2.30. The second-order valence-electron chi connectivity index (χ2n) is 7.39. The summed E-state index contributed by atoms with van der Waals surface area (Å²) >= 11 is 6.02. The fraction of sp³-hybridized carbons (Fsp3) is 0. The van der Waals surface area contributed by atoms with Crippen molar-refractivity contribution in [3.63, 3.8) is 0 Å². The van der Waals surface area contributed by atoms with Crippen LogP contribution in [0.2, 0.25) is 5.02 Å². The van der Waals surface area contributed by atoms with Crippen LogP contribution >= 0.6 is 11.6 Å². The standard InChI is InChI=1S/C25H18ClN5O2S/c26-18-10-8-17(9-11-18)24-29-22-6-2-1-5-21(22)25(30-24)28-19-12-14-20(15-13-19)34(32,33)31-23-7-3-4-16-27-23/h1-16H,(H,27,31)(H,28,29,30). The molecule has 0 aliphatic rings. The number of nitrogens with one attached hydrogen (secondary N) is 2. The Labute approximate surface area is 201 Å². The van der Waals surface area contributed by atoms with Gasteiger partial charge in [-0.2, -0.15) is 0 Å². The second-order valence-corrected chi connectivity index (χ2v) is 9.51. The minimum atomic E-state index is -3.76. The lowest BCUT2D eigenvalue weighted by molar-refractivity contribution is 0.601. The largest absolute Gasteiger partial charge is 0.340 e. The molecule has 9 heteroatoms. The lowest BCUT2D eigenvalue weighted by Crippen LogP contribution is -2.13. The predicted octanol–water partition coefficient (Wildman–Crippen LogP) is 5.89. The highest BCUT2D eigenvalue weighted by atomic mass is 35.5. The number of rotatable bonds is 6. The SMILES string of the molecule is O=S(=O)(Nc1ccccn1)c1ccc(Nc2nc(-c3ccc(Cl)cc3)nc3ccccc23)cc1. The van der Waals surface area contributed by atoms with Crippen molar-refractivity contribution in [2.75, 3.05) is 10.0 Å². The number of aromatic nitrogens is 3. The summed E-state index contributed by atoms with van der Waals surface area (Å²) in [5, 5.41) is 4.77. The van der Waals surface area contributed by atoms with E-state index < -0.39 is 10.0 Å². The molecule has 5 aromatic rings. The maximum Gasteiger partial charge on any atom is 0.263 e. The van der Waals surface area contributed by atoms with Gasteiger partial charge in [-0.1, -0.05) is 29.8 Å². The van der Waals surface area contributed by atoms with Crippen LogP contribution in [-0.2, 0) is 10.0 Å². The van der Waals surface area contributed by atoms with Crippen LogP contribution in [-0.4, -0.2) is 23.4 Å². The monoisotopic (exact) mass is 487 g/mol. The van der Waals surface area contributed by atoms with Crippen LogP contribution in [0, 0.1) is 0 Å². The smallest absolute Gasteiger partial charge is 0.263 e. The van der Waals surface area contributed by atoms with Crippen LogP contribution in [0.1, 0.15) is 0 Å². The summed E-state index contributed by atoms with van der Waals surface area (Å²) < 4.78 is 27.8. The molecule has 0 amide bonds. The van der Waals surface area contributed by atoms with Crippen molar-refractivity contribution in [3.8, 4) is 11.4 Å². The number of hydrogen-bond donors (Lipinski definition) is 2. The number of para-hydroxylation sites is 1. The maximum absolute atomic E-state index is 12.7. The molecule has 0 unspecified atom stereocenters. The van der Waals surface area contributed by atoms with Crippen LogP contribution in [0.5, 0.6) is 0 Å². The van der Waals surface area contributed by atoms with Crippen molar-refractivity contribution < 1.29 is 8.42 Å². The van der Waals surface area contributed by atoms with E-state index in [2.05, 4.69) is 20.0 Å². The molecule has 3 aromatic carbocycles. The Morgan fingerprint density at radius 3 is 2.24 bits per heavy atom. The van der Waals surface area contributed by atoms with Crippen molar-refractivity contribution in [2.24, 2.45) is 0 Å². The maximum atomic E-state index is 12.7. The van der Waals surface area contributed by atoms with E-state index in [0.29, 0.717) is 22.4 Å². The van der Waals surface area contributed by atoms with Crippen molar-refractivity contribution in [1.82, 2.24) is 15.0 Å². The summed E-state index contributed by atoms with van der Waals surface area (Å²) in [4.78, 5) is 13.5. The van der Waals surface area contributed by atoms with E-state index in [1.165, 1.54) is 18.3 Å². The molecule has 0 bridgehead atoms. The normalized spacial score (nSPS) is 11.3. The Hall–Kier alpha value is -4.01. The average Bonchev–Trinajstić information content (AvgIpc) is 2.85. The molecule has 0 spiro atoms. The van der Waals surface area contributed by atoms with Crippen LogP contribution < -0.4 is 10.0 Å². The van der Waals surface area contributed by atoms with Gasteiger partial charge in [0.15, 0.2) is 5.82 Å². The number of halogens is 1. The Balaban J connectivity index is 1.45. The van der Waals surface area contributed by atoms with Crippen molar-refractivity contribution in [2.45, 2.75) is 4.90 Å². The number of pyridine rings is 1. The molecule has 7 nitrogen and oxygen atoms in total. The van der Waals surface area contributed by atoms with Gasteiger partial charge in [-0.25, -0.2) is 23.4 Å². The van der Waals surface area contributed by atoms with Gasteiger partial charge in [-0.05, 0) is 72.8 Å². The molecule has 0 saturated carbocycles. The van der Waals surface area contributed by atoms with E-state index in [4.69, 9.17) is 16.6 Å². The third-order valence-corrected chi connectivity index (χ3v) is 6.66. The van der Waals surface area contributed by atoms with Crippen LogP contribution in [0.4, 0.5) is 17.3 Å². The first kappa shape index (κ1) is 21.8. The number of fused-ring (bicyclic) bond motifs is 1. The fourth-order valence-corrected chi connectivity index (χ4v) is 4.51. The topological polar surface area (TPSA) is 96.9 Å². The zero-order valence-electron chi connectivity index (χ0n) is 17.7. The second kappa shape index (κ2) is 9.09. The highest BCUT2D eigenvalue weighted by Crippen LogP contribution is 2.28. The lowest BCUT2D eigenvalue weighted by atomic mass is 10.2. The van der Waals surface area contributed by atoms with E-state index in [1.807, 2.05) is 36.4 Å². The van der Waals surface area contributed by atoms with Gasteiger partial charge in [0.25, 0.3) is 10.0 Å². The molecule has 0 fully saturated rings. The van der Waals surface area contributed by atoms with Crippen molar-refractivity contribution in [1.29, 1.82) is 0 Å². The molecule has 34 heavy (non-hydrogen) atoms.